The van der Waals surface area contributed by atoms with E-state index in [0.717, 1.165) is 0 Å². The maximum Gasteiger partial charge on any atom is 0.269 e. The molecule has 0 aromatic carbocycles. The van der Waals surface area contributed by atoms with Crippen LogP contribution in [-0.4, -0.2) is 41.3 Å². The molecule has 68 valence electrons. The Morgan fingerprint density at radius 2 is 1.82 bits per heavy atom. The van der Waals surface area contributed by atoms with Crippen LogP contribution in [0.1, 0.15) is 6.42 Å². The Bertz CT molecular complexity index is 199. The summed E-state index contributed by atoms with van der Waals surface area (Å²) in [7, 11) is -4.26. The molecule has 0 saturated heterocycles. The number of hydrogen-bond acceptors (Lipinski definition) is 5. The molecule has 0 aliphatic rings. The first-order valence-corrected chi connectivity index (χ1v) is 4.40. The Morgan fingerprint density at radius 3 is 1.91 bits per heavy atom. The average Bonchev–Trinajstić information content (AvgIpc) is 1.79. The molecular formula is C4H11NO5S. The highest BCUT2D eigenvalue weighted by Gasteiger charge is 2.23. The van der Waals surface area contributed by atoms with Crippen LogP contribution in [0, 0.1) is 0 Å². The summed E-state index contributed by atoms with van der Waals surface area (Å²) in [4.78, 5) is 0. The van der Waals surface area contributed by atoms with E-state index in [4.69, 9.17) is 20.5 Å². The highest BCUT2D eigenvalue weighted by molar-refractivity contribution is 7.86. The third kappa shape index (κ3) is 4.27. The van der Waals surface area contributed by atoms with Crippen LogP contribution in [0.3, 0.4) is 0 Å². The second kappa shape index (κ2) is 3.98. The zero-order chi connectivity index (χ0) is 9.07. The van der Waals surface area contributed by atoms with E-state index < -0.39 is 28.1 Å². The smallest absolute Gasteiger partial charge is 0.269 e. The molecule has 11 heavy (non-hydrogen) atoms. The van der Waals surface area contributed by atoms with Crippen LogP contribution in [-0.2, 0) is 10.1 Å². The van der Waals surface area contributed by atoms with Crippen LogP contribution in [0.4, 0.5) is 0 Å². The molecule has 7 heteroatoms. The first-order valence-electron chi connectivity index (χ1n) is 2.90. The summed E-state index contributed by atoms with van der Waals surface area (Å²) in [5.41, 5.74) is 4.95. The SMILES string of the molecule is NCC(CC(O)O)S(=O)(=O)O. The molecule has 6 nitrogen and oxygen atoms in total. The maximum absolute atomic E-state index is 10.4. The first kappa shape index (κ1) is 10.8. The summed E-state index contributed by atoms with van der Waals surface area (Å²) >= 11 is 0. The maximum atomic E-state index is 10.4. The Morgan fingerprint density at radius 1 is 1.36 bits per heavy atom. The second-order valence-corrected chi connectivity index (χ2v) is 3.79. The number of hydrogen-bond donors (Lipinski definition) is 4. The van der Waals surface area contributed by atoms with Crippen molar-refractivity contribution in [3.05, 3.63) is 0 Å². The van der Waals surface area contributed by atoms with Crippen molar-refractivity contribution < 1.29 is 23.2 Å². The minimum Gasteiger partial charge on any atom is -0.368 e. The van der Waals surface area contributed by atoms with Gasteiger partial charge >= 0.3 is 0 Å². The lowest BCUT2D eigenvalue weighted by Crippen LogP contribution is -2.32. The van der Waals surface area contributed by atoms with Crippen LogP contribution in [0.5, 0.6) is 0 Å². The fourth-order valence-corrected chi connectivity index (χ4v) is 1.23. The van der Waals surface area contributed by atoms with E-state index in [2.05, 4.69) is 0 Å². The second-order valence-electron chi connectivity index (χ2n) is 2.09. The molecular weight excluding hydrogens is 174 g/mol. The molecule has 1 unspecified atom stereocenters. The molecule has 0 aromatic heterocycles. The van der Waals surface area contributed by atoms with Gasteiger partial charge in [-0.2, -0.15) is 8.42 Å². The molecule has 0 bridgehead atoms. The van der Waals surface area contributed by atoms with Crippen LogP contribution in [0.2, 0.25) is 0 Å². The van der Waals surface area contributed by atoms with Crippen LogP contribution < -0.4 is 5.73 Å². The Balaban J connectivity index is 4.20. The molecule has 0 spiro atoms. The van der Waals surface area contributed by atoms with Crippen molar-refractivity contribution in [2.75, 3.05) is 6.54 Å². The normalized spacial score (nSPS) is 15.4. The van der Waals surface area contributed by atoms with Crippen LogP contribution in [0.15, 0.2) is 0 Å². The van der Waals surface area contributed by atoms with Crippen molar-refractivity contribution in [1.29, 1.82) is 0 Å². The molecule has 0 heterocycles. The minimum atomic E-state index is -4.26. The molecule has 0 aliphatic carbocycles. The number of aliphatic hydroxyl groups excluding tert-OH is 1. The topological polar surface area (TPSA) is 121 Å². The van der Waals surface area contributed by atoms with Gasteiger partial charge in [-0.3, -0.25) is 4.55 Å². The molecule has 0 rings (SSSR count). The lowest BCUT2D eigenvalue weighted by atomic mass is 10.3. The van der Waals surface area contributed by atoms with Crippen molar-refractivity contribution in [1.82, 2.24) is 0 Å². The predicted octanol–water partition coefficient (Wildman–Crippen LogP) is -2.10. The summed E-state index contributed by atoms with van der Waals surface area (Å²) in [5, 5.41) is 15.4. The Kier molecular flexibility index (Phi) is 3.90. The molecule has 5 N–H and O–H groups in total. The van der Waals surface area contributed by atoms with E-state index in [-0.39, 0.29) is 6.54 Å². The van der Waals surface area contributed by atoms with Crippen molar-refractivity contribution in [2.45, 2.75) is 18.0 Å². The third-order valence-electron chi connectivity index (χ3n) is 1.16. The van der Waals surface area contributed by atoms with Gasteiger partial charge in [0.1, 0.15) is 5.25 Å². The molecule has 0 saturated carbocycles. The fraction of sp³-hybridized carbons (Fsp3) is 1.00. The fourth-order valence-electron chi connectivity index (χ4n) is 0.575. The third-order valence-corrected chi connectivity index (χ3v) is 2.39. The lowest BCUT2D eigenvalue weighted by Gasteiger charge is -2.11. The quantitative estimate of drug-likeness (QED) is 0.294. The summed E-state index contributed by atoms with van der Waals surface area (Å²) in [5.74, 6) is 0. The van der Waals surface area contributed by atoms with Gasteiger partial charge in [0.25, 0.3) is 10.1 Å². The van der Waals surface area contributed by atoms with Gasteiger partial charge < -0.3 is 15.9 Å². The van der Waals surface area contributed by atoms with Crippen LogP contribution in [0.25, 0.3) is 0 Å². The molecule has 0 radical (unpaired) electrons. The van der Waals surface area contributed by atoms with E-state index in [9.17, 15) is 8.42 Å². The zero-order valence-electron chi connectivity index (χ0n) is 5.71. The number of aliphatic hydroxyl groups is 2. The summed E-state index contributed by atoms with van der Waals surface area (Å²) in [6.07, 6.45) is -2.25. The summed E-state index contributed by atoms with van der Waals surface area (Å²) in [6, 6.07) is 0. The Hall–Kier alpha value is -0.210. The summed E-state index contributed by atoms with van der Waals surface area (Å²) in [6.45, 7) is -0.337. The van der Waals surface area contributed by atoms with E-state index in [1.54, 1.807) is 0 Å². The minimum absolute atomic E-state index is 0.337. The average molecular weight is 185 g/mol. The van der Waals surface area contributed by atoms with Gasteiger partial charge in [-0.05, 0) is 0 Å². The number of rotatable bonds is 4. The first-order chi connectivity index (χ1) is 4.88. The van der Waals surface area contributed by atoms with Gasteiger partial charge in [-0.15, -0.1) is 0 Å². The van der Waals surface area contributed by atoms with E-state index in [1.165, 1.54) is 0 Å². The van der Waals surface area contributed by atoms with Crippen molar-refractivity contribution in [3.63, 3.8) is 0 Å². The molecule has 1 atom stereocenters. The molecule has 0 fully saturated rings. The summed E-state index contributed by atoms with van der Waals surface area (Å²) < 4.78 is 29.1. The Labute approximate surface area is 64.4 Å². The van der Waals surface area contributed by atoms with Crippen LogP contribution >= 0.6 is 0 Å². The standard InChI is InChI=1S/C4H11NO5S/c5-2-3(1-4(6)7)11(8,9)10/h3-4,6-7H,1-2,5H2,(H,8,9,10). The van der Waals surface area contributed by atoms with E-state index in [1.807, 2.05) is 0 Å². The predicted molar refractivity (Wildman–Crippen MR) is 37.2 cm³/mol. The highest BCUT2D eigenvalue weighted by Crippen LogP contribution is 2.04. The highest BCUT2D eigenvalue weighted by atomic mass is 32.2. The van der Waals surface area contributed by atoms with Gasteiger partial charge in [0.05, 0.1) is 0 Å². The molecule has 0 amide bonds. The van der Waals surface area contributed by atoms with Crippen molar-refractivity contribution >= 4 is 10.1 Å². The van der Waals surface area contributed by atoms with Gasteiger partial charge in [0.2, 0.25) is 0 Å². The molecule has 0 aliphatic heterocycles. The van der Waals surface area contributed by atoms with E-state index >= 15 is 0 Å². The number of nitrogens with two attached hydrogens (primary N) is 1. The van der Waals surface area contributed by atoms with Crippen molar-refractivity contribution in [3.8, 4) is 0 Å². The largest absolute Gasteiger partial charge is 0.368 e. The van der Waals surface area contributed by atoms with E-state index in [0.29, 0.717) is 0 Å². The van der Waals surface area contributed by atoms with Gasteiger partial charge in [0, 0.05) is 13.0 Å². The van der Waals surface area contributed by atoms with Gasteiger partial charge in [-0.25, -0.2) is 0 Å². The van der Waals surface area contributed by atoms with Gasteiger partial charge in [0.15, 0.2) is 6.29 Å². The zero-order valence-corrected chi connectivity index (χ0v) is 6.53. The monoisotopic (exact) mass is 185 g/mol. The molecule has 0 aromatic rings. The van der Waals surface area contributed by atoms with Gasteiger partial charge in [-0.1, -0.05) is 0 Å². The van der Waals surface area contributed by atoms with Crippen molar-refractivity contribution in [2.24, 2.45) is 5.73 Å². The lowest BCUT2D eigenvalue weighted by molar-refractivity contribution is -0.0454.